The Labute approximate surface area is 94.4 Å². The highest BCUT2D eigenvalue weighted by molar-refractivity contribution is 6.61. The van der Waals surface area contributed by atoms with Crippen LogP contribution in [0, 0.1) is 10.1 Å². The van der Waals surface area contributed by atoms with Crippen LogP contribution < -0.4 is 0 Å². The summed E-state index contributed by atoms with van der Waals surface area (Å²) >= 11 is 5.06. The number of nitrogens with zero attached hydrogens (tertiary/aromatic N) is 1. The Balaban J connectivity index is 1.95. The molecule has 4 atom stereocenters. The molecule has 0 N–H and O–H groups in total. The minimum Gasteiger partial charge on any atom is -0.445 e. The fraction of sp³-hybridized carbons (Fsp3) is 0.857. The van der Waals surface area contributed by atoms with E-state index in [0.717, 1.165) is 0 Å². The summed E-state index contributed by atoms with van der Waals surface area (Å²) in [6, 6.07) is 0. The van der Waals surface area contributed by atoms with Crippen LogP contribution in [0.5, 0.6) is 0 Å². The van der Waals surface area contributed by atoms with E-state index in [1.165, 1.54) is 0 Å². The fourth-order valence-electron chi connectivity index (χ4n) is 1.85. The molecule has 0 aromatic rings. The van der Waals surface area contributed by atoms with Crippen molar-refractivity contribution in [2.45, 2.75) is 24.4 Å². The first kappa shape index (κ1) is 11.4. The number of carbonyl (C=O) groups is 1. The van der Waals surface area contributed by atoms with E-state index in [4.69, 9.17) is 25.8 Å². The third-order valence-electron chi connectivity index (χ3n) is 2.43. The smallest absolute Gasteiger partial charge is 0.404 e. The van der Waals surface area contributed by atoms with Crippen LogP contribution in [-0.4, -0.2) is 48.1 Å². The lowest BCUT2D eigenvalue weighted by Gasteiger charge is -2.14. The Kier molecular flexibility index (Phi) is 3.13. The zero-order valence-corrected chi connectivity index (χ0v) is 8.66. The van der Waals surface area contributed by atoms with Crippen molar-refractivity contribution in [3.8, 4) is 0 Å². The largest absolute Gasteiger partial charge is 0.445 e. The summed E-state index contributed by atoms with van der Waals surface area (Å²) in [5.74, 6) is 0. The first-order valence-corrected chi connectivity index (χ1v) is 4.86. The molecule has 2 aliphatic rings. The minimum absolute atomic E-state index is 0.0205. The number of hydrogen-bond acceptors (Lipinski definition) is 7. The van der Waals surface area contributed by atoms with E-state index in [1.54, 1.807) is 0 Å². The summed E-state index contributed by atoms with van der Waals surface area (Å²) in [6.07, 6.45) is -2.60. The number of carbonyl (C=O) groups excluding carboxylic acids is 1. The van der Waals surface area contributed by atoms with Crippen LogP contribution in [0.3, 0.4) is 0 Å². The van der Waals surface area contributed by atoms with Gasteiger partial charge in [-0.1, -0.05) is 0 Å². The second-order valence-electron chi connectivity index (χ2n) is 3.36. The summed E-state index contributed by atoms with van der Waals surface area (Å²) in [4.78, 5) is 25.1. The van der Waals surface area contributed by atoms with Gasteiger partial charge in [0.05, 0.1) is 13.2 Å². The van der Waals surface area contributed by atoms with Gasteiger partial charge in [0.1, 0.15) is 12.2 Å². The summed E-state index contributed by atoms with van der Waals surface area (Å²) in [5.41, 5.74) is -0.962. The zero-order chi connectivity index (χ0) is 11.7. The standard InChI is InChI=1S/C7H8ClNO7/c8-7(10)15-3-1-13-6-4(16-9(11)12)2-14-5(3)6/h3-6H,1-2H2/t3-,4+,5+,6+/m0/s1. The lowest BCUT2D eigenvalue weighted by atomic mass is 10.1. The first-order chi connectivity index (χ1) is 7.58. The number of rotatable bonds is 3. The molecular weight excluding hydrogens is 246 g/mol. The highest BCUT2D eigenvalue weighted by atomic mass is 35.5. The molecule has 0 saturated carbocycles. The van der Waals surface area contributed by atoms with Gasteiger partial charge in [-0.25, -0.2) is 4.79 Å². The van der Waals surface area contributed by atoms with E-state index in [-0.39, 0.29) is 13.2 Å². The van der Waals surface area contributed by atoms with Crippen LogP contribution in [0.25, 0.3) is 0 Å². The Morgan fingerprint density at radius 1 is 1.31 bits per heavy atom. The molecule has 2 heterocycles. The van der Waals surface area contributed by atoms with Gasteiger partial charge in [0.2, 0.25) is 0 Å². The molecule has 0 radical (unpaired) electrons. The van der Waals surface area contributed by atoms with Crippen LogP contribution in [0.1, 0.15) is 0 Å². The Hall–Kier alpha value is -1.12. The molecule has 2 aliphatic heterocycles. The zero-order valence-electron chi connectivity index (χ0n) is 7.91. The SMILES string of the molecule is O=C(Cl)O[C@H]1CO[C@H]2[C@@H]1OC[C@H]2O[N+](=O)[O-]. The predicted octanol–water partition coefficient (Wildman–Crippen LogP) is 0.105. The van der Waals surface area contributed by atoms with Gasteiger partial charge in [0.15, 0.2) is 12.2 Å². The molecule has 0 spiro atoms. The van der Waals surface area contributed by atoms with Crippen LogP contribution in [0.2, 0.25) is 0 Å². The first-order valence-electron chi connectivity index (χ1n) is 4.48. The van der Waals surface area contributed by atoms with Gasteiger partial charge in [0.25, 0.3) is 5.09 Å². The maximum atomic E-state index is 10.5. The molecule has 0 aromatic heterocycles. The maximum Gasteiger partial charge on any atom is 0.404 e. The minimum atomic E-state index is -0.962. The molecule has 2 saturated heterocycles. The molecular formula is C7H8ClNO7. The molecule has 0 aromatic carbocycles. The Morgan fingerprint density at radius 2 is 1.88 bits per heavy atom. The van der Waals surface area contributed by atoms with E-state index in [1.807, 2.05) is 0 Å². The molecule has 2 fully saturated rings. The van der Waals surface area contributed by atoms with Crippen molar-refractivity contribution in [1.29, 1.82) is 0 Å². The number of ether oxygens (including phenoxy) is 3. The van der Waals surface area contributed by atoms with Gasteiger partial charge in [-0.05, 0) is 0 Å². The van der Waals surface area contributed by atoms with Crippen molar-refractivity contribution in [3.05, 3.63) is 10.1 Å². The lowest BCUT2D eigenvalue weighted by molar-refractivity contribution is -0.769. The monoisotopic (exact) mass is 253 g/mol. The van der Waals surface area contributed by atoms with Gasteiger partial charge in [0, 0.05) is 11.6 Å². The van der Waals surface area contributed by atoms with E-state index >= 15 is 0 Å². The van der Waals surface area contributed by atoms with Crippen molar-refractivity contribution in [1.82, 2.24) is 0 Å². The summed E-state index contributed by atoms with van der Waals surface area (Å²) in [5, 5.41) is 9.27. The number of fused-ring (bicyclic) bond motifs is 1. The maximum absolute atomic E-state index is 10.5. The van der Waals surface area contributed by atoms with Gasteiger partial charge < -0.3 is 19.0 Å². The van der Waals surface area contributed by atoms with Gasteiger partial charge in [-0.2, -0.15) is 0 Å². The molecule has 90 valence electrons. The molecule has 0 amide bonds. The quantitative estimate of drug-likeness (QED) is 0.400. The number of halogens is 1. The summed E-state index contributed by atoms with van der Waals surface area (Å²) in [7, 11) is 0. The second kappa shape index (κ2) is 4.40. The van der Waals surface area contributed by atoms with Crippen LogP contribution in [-0.2, 0) is 19.0 Å². The summed E-state index contributed by atoms with van der Waals surface area (Å²) < 4.78 is 15.2. The van der Waals surface area contributed by atoms with Crippen LogP contribution in [0.15, 0.2) is 0 Å². The van der Waals surface area contributed by atoms with Crippen molar-refractivity contribution in [3.63, 3.8) is 0 Å². The molecule has 0 bridgehead atoms. The number of hydrogen-bond donors (Lipinski definition) is 0. The topological polar surface area (TPSA) is 97.1 Å². The second-order valence-corrected chi connectivity index (χ2v) is 3.67. The van der Waals surface area contributed by atoms with E-state index in [0.29, 0.717) is 0 Å². The van der Waals surface area contributed by atoms with Crippen molar-refractivity contribution in [2.24, 2.45) is 0 Å². The average Bonchev–Trinajstić information content (AvgIpc) is 2.70. The van der Waals surface area contributed by atoms with Gasteiger partial charge in [-0.15, -0.1) is 10.1 Å². The van der Waals surface area contributed by atoms with E-state index in [2.05, 4.69) is 4.84 Å². The van der Waals surface area contributed by atoms with E-state index < -0.39 is 34.9 Å². The molecule has 2 rings (SSSR count). The summed E-state index contributed by atoms with van der Waals surface area (Å²) in [6.45, 7) is 0.109. The highest BCUT2D eigenvalue weighted by Crippen LogP contribution is 2.30. The fourth-order valence-corrected chi connectivity index (χ4v) is 1.96. The average molecular weight is 254 g/mol. The molecule has 9 heteroatoms. The van der Waals surface area contributed by atoms with Crippen molar-refractivity contribution >= 4 is 17.0 Å². The molecule has 0 unspecified atom stereocenters. The van der Waals surface area contributed by atoms with Crippen molar-refractivity contribution < 1.29 is 28.9 Å². The Bertz CT molecular complexity index is 281. The highest BCUT2D eigenvalue weighted by Gasteiger charge is 2.51. The predicted molar refractivity (Wildman–Crippen MR) is 47.5 cm³/mol. The van der Waals surface area contributed by atoms with E-state index in [9.17, 15) is 14.9 Å². The van der Waals surface area contributed by atoms with Crippen LogP contribution in [0.4, 0.5) is 4.79 Å². The van der Waals surface area contributed by atoms with Crippen molar-refractivity contribution in [2.75, 3.05) is 13.2 Å². The normalized spacial score (nSPS) is 36.8. The molecule has 16 heavy (non-hydrogen) atoms. The third-order valence-corrected chi connectivity index (χ3v) is 2.52. The van der Waals surface area contributed by atoms with Gasteiger partial charge in [-0.3, -0.25) is 0 Å². The molecule has 0 aliphatic carbocycles. The van der Waals surface area contributed by atoms with Gasteiger partial charge >= 0.3 is 5.43 Å². The Morgan fingerprint density at radius 3 is 2.44 bits per heavy atom. The lowest BCUT2D eigenvalue weighted by Crippen LogP contribution is -2.35. The third kappa shape index (κ3) is 2.18. The molecule has 8 nitrogen and oxygen atoms in total. The van der Waals surface area contributed by atoms with Crippen LogP contribution >= 0.6 is 11.6 Å².